The van der Waals surface area contributed by atoms with E-state index in [0.717, 1.165) is 43.7 Å². The maximum Gasteiger partial charge on any atom is 0.220 e. The van der Waals surface area contributed by atoms with Gasteiger partial charge in [0.15, 0.2) is 0 Å². The Bertz CT molecular complexity index is 825. The molecule has 1 amide bonds. The van der Waals surface area contributed by atoms with Crippen LogP contribution in [0.4, 0.5) is 5.82 Å². The molecule has 3 rings (SSSR count). The minimum atomic E-state index is 0.0777. The highest BCUT2D eigenvalue weighted by Gasteiger charge is 2.22. The average molecular weight is 383 g/mol. The normalized spacial score (nSPS) is 14.6. The van der Waals surface area contributed by atoms with Gasteiger partial charge in [-0.3, -0.25) is 4.79 Å². The van der Waals surface area contributed by atoms with E-state index in [1.807, 2.05) is 24.3 Å². The van der Waals surface area contributed by atoms with E-state index in [1.54, 1.807) is 18.3 Å². The van der Waals surface area contributed by atoms with Crippen molar-refractivity contribution in [2.24, 2.45) is 5.92 Å². The van der Waals surface area contributed by atoms with E-state index >= 15 is 0 Å². The van der Waals surface area contributed by atoms with Crippen molar-refractivity contribution < 1.29 is 4.79 Å². The summed E-state index contributed by atoms with van der Waals surface area (Å²) in [5, 5.41) is 12.9. The summed E-state index contributed by atoms with van der Waals surface area (Å²) in [5.74, 6) is 1.39. The lowest BCUT2D eigenvalue weighted by atomic mass is 9.92. The van der Waals surface area contributed by atoms with Crippen molar-refractivity contribution in [1.82, 2.24) is 10.3 Å². The lowest BCUT2D eigenvalue weighted by Crippen LogP contribution is -2.35. The molecule has 1 saturated heterocycles. The predicted octanol–water partition coefficient (Wildman–Crippen LogP) is 3.92. The summed E-state index contributed by atoms with van der Waals surface area (Å²) in [5.41, 5.74) is 1.63. The first-order valence-electron chi connectivity index (χ1n) is 9.27. The lowest BCUT2D eigenvalue weighted by molar-refractivity contribution is -0.121. The summed E-state index contributed by atoms with van der Waals surface area (Å²) < 4.78 is 0. The van der Waals surface area contributed by atoms with Crippen molar-refractivity contribution in [3.63, 3.8) is 0 Å². The molecule has 0 aliphatic carbocycles. The molecule has 0 spiro atoms. The van der Waals surface area contributed by atoms with Gasteiger partial charge < -0.3 is 10.2 Å². The average Bonchev–Trinajstić information content (AvgIpc) is 2.71. The third kappa shape index (κ3) is 5.45. The fraction of sp³-hybridized carbons (Fsp3) is 0.381. The molecule has 1 N–H and O–H groups in total. The van der Waals surface area contributed by atoms with Crippen molar-refractivity contribution in [2.75, 3.05) is 18.0 Å². The van der Waals surface area contributed by atoms with Crippen LogP contribution in [0.2, 0.25) is 5.02 Å². The zero-order valence-electron chi connectivity index (χ0n) is 15.2. The molecule has 1 aromatic carbocycles. The summed E-state index contributed by atoms with van der Waals surface area (Å²) in [6.45, 7) is 2.26. The summed E-state index contributed by atoms with van der Waals surface area (Å²) in [4.78, 5) is 18.6. The zero-order valence-corrected chi connectivity index (χ0v) is 16.0. The van der Waals surface area contributed by atoms with Gasteiger partial charge in [-0.2, -0.15) is 5.26 Å². The third-order valence-electron chi connectivity index (χ3n) is 4.98. The SMILES string of the molecule is N#Cc1cccnc1N1CCC(CCC(=O)NCc2cccc(Cl)c2)CC1. The van der Waals surface area contributed by atoms with Gasteiger partial charge in [-0.15, -0.1) is 0 Å². The van der Waals surface area contributed by atoms with E-state index in [-0.39, 0.29) is 5.91 Å². The second kappa shape index (κ2) is 9.38. The molecule has 0 atom stereocenters. The quantitative estimate of drug-likeness (QED) is 0.822. The Balaban J connectivity index is 1.40. The topological polar surface area (TPSA) is 69.0 Å². The summed E-state index contributed by atoms with van der Waals surface area (Å²) in [6, 6.07) is 13.3. The number of carbonyl (C=O) groups excluding carboxylic acids is 1. The van der Waals surface area contributed by atoms with Crippen LogP contribution < -0.4 is 10.2 Å². The molecule has 1 aliphatic rings. The van der Waals surface area contributed by atoms with Crippen LogP contribution >= 0.6 is 11.6 Å². The Labute approximate surface area is 165 Å². The van der Waals surface area contributed by atoms with Crippen LogP contribution in [0.5, 0.6) is 0 Å². The zero-order chi connectivity index (χ0) is 19.1. The number of hydrogen-bond acceptors (Lipinski definition) is 4. The Morgan fingerprint density at radius 3 is 2.85 bits per heavy atom. The monoisotopic (exact) mass is 382 g/mol. The van der Waals surface area contributed by atoms with Crippen LogP contribution in [0.3, 0.4) is 0 Å². The van der Waals surface area contributed by atoms with Crippen molar-refractivity contribution in [3.8, 4) is 6.07 Å². The fourth-order valence-electron chi connectivity index (χ4n) is 3.44. The highest BCUT2D eigenvalue weighted by atomic mass is 35.5. The fourth-order valence-corrected chi connectivity index (χ4v) is 3.65. The molecule has 5 nitrogen and oxygen atoms in total. The van der Waals surface area contributed by atoms with Crippen molar-refractivity contribution >= 4 is 23.3 Å². The minimum Gasteiger partial charge on any atom is -0.356 e. The Kier molecular flexibility index (Phi) is 6.67. The smallest absolute Gasteiger partial charge is 0.220 e. The molecule has 6 heteroatoms. The van der Waals surface area contributed by atoms with Gasteiger partial charge in [-0.25, -0.2) is 4.98 Å². The van der Waals surface area contributed by atoms with Crippen LogP contribution in [-0.2, 0) is 11.3 Å². The second-order valence-electron chi connectivity index (χ2n) is 6.86. The number of piperidine rings is 1. The molecule has 0 saturated carbocycles. The first-order valence-corrected chi connectivity index (χ1v) is 9.64. The third-order valence-corrected chi connectivity index (χ3v) is 5.21. The van der Waals surface area contributed by atoms with Gasteiger partial charge in [0, 0.05) is 37.3 Å². The summed E-state index contributed by atoms with van der Waals surface area (Å²) >= 11 is 5.96. The van der Waals surface area contributed by atoms with Crippen LogP contribution in [-0.4, -0.2) is 24.0 Å². The van der Waals surface area contributed by atoms with Gasteiger partial charge in [-0.05, 0) is 55.0 Å². The molecule has 1 aliphatic heterocycles. The largest absolute Gasteiger partial charge is 0.356 e. The van der Waals surface area contributed by atoms with Gasteiger partial charge >= 0.3 is 0 Å². The Hall–Kier alpha value is -2.58. The molecule has 140 valence electrons. The van der Waals surface area contributed by atoms with Crippen LogP contribution in [0.25, 0.3) is 0 Å². The minimum absolute atomic E-state index is 0.0777. The number of nitrogens with one attached hydrogen (secondary N) is 1. The number of benzene rings is 1. The number of carbonyl (C=O) groups is 1. The van der Waals surface area contributed by atoms with Gasteiger partial charge in [0.05, 0.1) is 5.56 Å². The first kappa shape index (κ1) is 19.2. The number of anilines is 1. The number of aromatic nitrogens is 1. The van der Waals surface area contributed by atoms with Crippen molar-refractivity contribution in [3.05, 3.63) is 58.7 Å². The molecular formula is C21H23ClN4O. The Morgan fingerprint density at radius 2 is 2.11 bits per heavy atom. The molecule has 0 bridgehead atoms. The van der Waals surface area contributed by atoms with E-state index in [9.17, 15) is 10.1 Å². The Morgan fingerprint density at radius 1 is 1.30 bits per heavy atom. The van der Waals surface area contributed by atoms with E-state index in [1.165, 1.54) is 0 Å². The number of amides is 1. The maximum absolute atomic E-state index is 12.1. The molecule has 27 heavy (non-hydrogen) atoms. The molecule has 0 radical (unpaired) electrons. The van der Waals surface area contributed by atoms with Crippen LogP contribution in [0.1, 0.15) is 36.8 Å². The molecule has 1 aromatic heterocycles. The summed E-state index contributed by atoms with van der Waals surface area (Å²) in [6.07, 6.45) is 5.19. The predicted molar refractivity (Wildman–Crippen MR) is 106 cm³/mol. The van der Waals surface area contributed by atoms with Crippen LogP contribution in [0, 0.1) is 17.2 Å². The second-order valence-corrected chi connectivity index (χ2v) is 7.30. The van der Waals surface area contributed by atoms with Crippen LogP contribution in [0.15, 0.2) is 42.6 Å². The number of pyridine rings is 1. The molecule has 2 aromatic rings. The highest BCUT2D eigenvalue weighted by Crippen LogP contribution is 2.26. The number of nitrogens with zero attached hydrogens (tertiary/aromatic N) is 3. The number of nitriles is 1. The van der Waals surface area contributed by atoms with E-state index < -0.39 is 0 Å². The maximum atomic E-state index is 12.1. The van der Waals surface area contributed by atoms with E-state index in [2.05, 4.69) is 21.3 Å². The molecule has 0 unspecified atom stereocenters. The molecule has 2 heterocycles. The van der Waals surface area contributed by atoms with E-state index in [0.29, 0.717) is 29.5 Å². The number of halogens is 1. The number of rotatable bonds is 6. The van der Waals surface area contributed by atoms with Crippen molar-refractivity contribution in [2.45, 2.75) is 32.2 Å². The van der Waals surface area contributed by atoms with Crippen molar-refractivity contribution in [1.29, 1.82) is 5.26 Å². The molecule has 1 fully saturated rings. The van der Waals surface area contributed by atoms with Gasteiger partial charge in [0.2, 0.25) is 5.91 Å². The highest BCUT2D eigenvalue weighted by molar-refractivity contribution is 6.30. The van der Waals surface area contributed by atoms with E-state index in [4.69, 9.17) is 11.6 Å². The number of hydrogen-bond donors (Lipinski definition) is 1. The van der Waals surface area contributed by atoms with Gasteiger partial charge in [0.25, 0.3) is 0 Å². The molecular weight excluding hydrogens is 360 g/mol. The van der Waals surface area contributed by atoms with Gasteiger partial charge in [0.1, 0.15) is 11.9 Å². The lowest BCUT2D eigenvalue weighted by Gasteiger charge is -2.33. The standard InChI is InChI=1S/C21H23ClN4O/c22-19-5-1-3-17(13-19)15-25-20(27)7-6-16-8-11-26(12-9-16)21-18(14-23)4-2-10-24-21/h1-5,10,13,16H,6-9,11-12,15H2,(H,25,27). The van der Waals surface area contributed by atoms with Gasteiger partial charge in [-0.1, -0.05) is 23.7 Å². The first-order chi connectivity index (χ1) is 13.2. The summed E-state index contributed by atoms with van der Waals surface area (Å²) in [7, 11) is 0.